The maximum atomic E-state index is 12.3. The zero-order chi connectivity index (χ0) is 21.7. The van der Waals surface area contributed by atoms with Gasteiger partial charge < -0.3 is 9.64 Å². The average Bonchev–Trinajstić information content (AvgIpc) is 3.17. The standard InChI is InChI=1S/C21H27ClN6O2/c1-21(2,3)30-20(29)27-10-6-15(7-11-27)12-17(4-8-23)28-14-16(13-25-28)18-5-9-24-19(22)26-18/h5,9,13-15,17H,4,6-7,10-12H2,1-3H3. The van der Waals surface area contributed by atoms with Gasteiger partial charge in [0.1, 0.15) is 5.60 Å². The number of nitrogens with zero attached hydrogens (tertiary/aromatic N) is 6. The molecule has 1 amide bonds. The summed E-state index contributed by atoms with van der Waals surface area (Å²) in [6.07, 6.45) is 7.96. The van der Waals surface area contributed by atoms with Crippen molar-refractivity contribution < 1.29 is 9.53 Å². The highest BCUT2D eigenvalue weighted by Gasteiger charge is 2.28. The molecule has 1 aliphatic rings. The van der Waals surface area contributed by atoms with E-state index in [-0.39, 0.29) is 17.4 Å². The summed E-state index contributed by atoms with van der Waals surface area (Å²) < 4.78 is 7.31. The largest absolute Gasteiger partial charge is 0.444 e. The second-order valence-corrected chi connectivity index (χ2v) is 8.92. The zero-order valence-electron chi connectivity index (χ0n) is 17.6. The van der Waals surface area contributed by atoms with E-state index in [4.69, 9.17) is 16.3 Å². The Morgan fingerprint density at radius 3 is 2.77 bits per heavy atom. The Morgan fingerprint density at radius 1 is 1.40 bits per heavy atom. The van der Waals surface area contributed by atoms with Crippen molar-refractivity contribution >= 4 is 17.7 Å². The number of carbonyl (C=O) groups is 1. The summed E-state index contributed by atoms with van der Waals surface area (Å²) in [7, 11) is 0. The zero-order valence-corrected chi connectivity index (χ0v) is 18.3. The van der Waals surface area contributed by atoms with Crippen LogP contribution in [0.4, 0.5) is 4.79 Å². The molecular weight excluding hydrogens is 404 g/mol. The molecule has 1 aliphatic heterocycles. The van der Waals surface area contributed by atoms with Gasteiger partial charge in [-0.15, -0.1) is 0 Å². The van der Waals surface area contributed by atoms with Crippen LogP contribution in [0.1, 0.15) is 52.5 Å². The topological polar surface area (TPSA) is 96.9 Å². The smallest absolute Gasteiger partial charge is 0.410 e. The van der Waals surface area contributed by atoms with Crippen LogP contribution in [0.25, 0.3) is 11.3 Å². The summed E-state index contributed by atoms with van der Waals surface area (Å²) in [4.78, 5) is 22.1. The lowest BCUT2D eigenvalue weighted by Crippen LogP contribution is -2.42. The Balaban J connectivity index is 1.61. The lowest BCUT2D eigenvalue weighted by Gasteiger charge is -2.34. The van der Waals surface area contributed by atoms with E-state index >= 15 is 0 Å². The van der Waals surface area contributed by atoms with Gasteiger partial charge in [-0.05, 0) is 63.6 Å². The molecule has 2 aromatic heterocycles. The SMILES string of the molecule is CC(C)(C)OC(=O)N1CCC(CC(CC#N)n2cc(-c3ccnc(Cl)n3)cn2)CC1. The van der Waals surface area contributed by atoms with Crippen LogP contribution in [0.5, 0.6) is 0 Å². The molecule has 1 saturated heterocycles. The number of aromatic nitrogens is 4. The third-order valence-electron chi connectivity index (χ3n) is 5.10. The molecule has 2 aromatic rings. The first kappa shape index (κ1) is 22.0. The quantitative estimate of drug-likeness (QED) is 0.648. The van der Waals surface area contributed by atoms with Gasteiger partial charge in [0, 0.05) is 31.0 Å². The van der Waals surface area contributed by atoms with Crippen molar-refractivity contribution in [2.75, 3.05) is 13.1 Å². The number of hydrogen-bond donors (Lipinski definition) is 0. The van der Waals surface area contributed by atoms with E-state index in [0.29, 0.717) is 31.1 Å². The average molecular weight is 431 g/mol. The van der Waals surface area contributed by atoms with E-state index in [1.807, 2.05) is 31.6 Å². The van der Waals surface area contributed by atoms with Crippen molar-refractivity contribution in [2.45, 2.75) is 58.1 Å². The molecule has 30 heavy (non-hydrogen) atoms. The number of amides is 1. The highest BCUT2D eigenvalue weighted by atomic mass is 35.5. The fourth-order valence-corrected chi connectivity index (χ4v) is 3.77. The van der Waals surface area contributed by atoms with E-state index in [9.17, 15) is 10.1 Å². The first-order valence-corrected chi connectivity index (χ1v) is 10.5. The third kappa shape index (κ3) is 5.92. The van der Waals surface area contributed by atoms with E-state index < -0.39 is 5.60 Å². The van der Waals surface area contributed by atoms with E-state index in [1.165, 1.54) is 0 Å². The molecule has 1 unspecified atom stereocenters. The maximum Gasteiger partial charge on any atom is 0.410 e. The normalized spacial score (nSPS) is 16.2. The monoisotopic (exact) mass is 430 g/mol. The van der Waals surface area contributed by atoms with Crippen molar-refractivity contribution in [3.8, 4) is 17.3 Å². The summed E-state index contributed by atoms with van der Waals surface area (Å²) in [5.41, 5.74) is 1.04. The highest BCUT2D eigenvalue weighted by Crippen LogP contribution is 2.30. The second-order valence-electron chi connectivity index (χ2n) is 8.58. The molecule has 0 bridgehead atoms. The van der Waals surface area contributed by atoms with Gasteiger partial charge in [-0.2, -0.15) is 10.4 Å². The van der Waals surface area contributed by atoms with Gasteiger partial charge in [-0.25, -0.2) is 14.8 Å². The van der Waals surface area contributed by atoms with Crippen molar-refractivity contribution in [3.05, 3.63) is 29.9 Å². The molecule has 0 saturated carbocycles. The van der Waals surface area contributed by atoms with Crippen LogP contribution in [-0.2, 0) is 4.74 Å². The van der Waals surface area contributed by atoms with Gasteiger partial charge in [0.2, 0.25) is 5.28 Å². The minimum atomic E-state index is -0.489. The van der Waals surface area contributed by atoms with Crippen molar-refractivity contribution in [2.24, 2.45) is 5.92 Å². The molecule has 3 rings (SSSR count). The number of rotatable bonds is 5. The first-order chi connectivity index (χ1) is 14.2. The Hall–Kier alpha value is -2.66. The number of halogens is 1. The first-order valence-electron chi connectivity index (χ1n) is 10.1. The second kappa shape index (κ2) is 9.43. The lowest BCUT2D eigenvalue weighted by atomic mass is 9.89. The van der Waals surface area contributed by atoms with E-state index in [2.05, 4.69) is 21.1 Å². The van der Waals surface area contributed by atoms with Gasteiger partial charge in [0.25, 0.3) is 0 Å². The molecule has 0 aliphatic carbocycles. The number of likely N-dealkylation sites (tertiary alicyclic amines) is 1. The number of ether oxygens (including phenoxy) is 1. The Labute approximate surface area is 181 Å². The molecule has 8 nitrogen and oxygen atoms in total. The van der Waals surface area contributed by atoms with Gasteiger partial charge in [-0.1, -0.05) is 0 Å². The maximum absolute atomic E-state index is 12.3. The van der Waals surface area contributed by atoms with E-state index in [0.717, 1.165) is 24.8 Å². The minimum absolute atomic E-state index is 0.0286. The molecule has 1 atom stereocenters. The van der Waals surface area contributed by atoms with Gasteiger partial charge in [0.15, 0.2) is 0 Å². The summed E-state index contributed by atoms with van der Waals surface area (Å²) in [5, 5.41) is 14.0. The van der Waals surface area contributed by atoms with Crippen LogP contribution in [0.2, 0.25) is 5.28 Å². The summed E-state index contributed by atoms with van der Waals surface area (Å²) in [6, 6.07) is 4.02. The van der Waals surface area contributed by atoms with Crippen LogP contribution < -0.4 is 0 Å². The Kier molecular flexibility index (Phi) is 6.93. The van der Waals surface area contributed by atoms with Gasteiger partial charge in [0.05, 0.1) is 30.4 Å². The molecular formula is C21H27ClN6O2. The summed E-state index contributed by atoms with van der Waals surface area (Å²) in [6.45, 7) is 6.96. The van der Waals surface area contributed by atoms with Crippen LogP contribution >= 0.6 is 11.6 Å². The molecule has 1 fully saturated rings. The molecule has 0 N–H and O–H groups in total. The lowest BCUT2D eigenvalue weighted by molar-refractivity contribution is 0.0176. The van der Waals surface area contributed by atoms with Crippen LogP contribution in [-0.4, -0.2) is 49.4 Å². The van der Waals surface area contributed by atoms with Crippen LogP contribution in [0.3, 0.4) is 0 Å². The Morgan fingerprint density at radius 2 is 2.13 bits per heavy atom. The Bertz CT molecular complexity index is 909. The molecule has 160 valence electrons. The molecule has 0 aromatic carbocycles. The van der Waals surface area contributed by atoms with E-state index in [1.54, 1.807) is 23.4 Å². The minimum Gasteiger partial charge on any atom is -0.444 e. The molecule has 9 heteroatoms. The molecule has 0 radical (unpaired) electrons. The predicted molar refractivity (Wildman–Crippen MR) is 113 cm³/mol. The van der Waals surface area contributed by atoms with Gasteiger partial charge >= 0.3 is 6.09 Å². The predicted octanol–water partition coefficient (Wildman–Crippen LogP) is 4.49. The number of nitriles is 1. The number of piperidine rings is 1. The van der Waals surface area contributed by atoms with Crippen LogP contribution in [0.15, 0.2) is 24.7 Å². The highest BCUT2D eigenvalue weighted by molar-refractivity contribution is 6.28. The van der Waals surface area contributed by atoms with Gasteiger partial charge in [-0.3, -0.25) is 4.68 Å². The van der Waals surface area contributed by atoms with Crippen molar-refractivity contribution in [3.63, 3.8) is 0 Å². The van der Waals surface area contributed by atoms with Crippen molar-refractivity contribution in [1.29, 1.82) is 5.26 Å². The fourth-order valence-electron chi connectivity index (χ4n) is 3.62. The third-order valence-corrected chi connectivity index (χ3v) is 5.28. The molecule has 0 spiro atoms. The molecule has 3 heterocycles. The number of hydrogen-bond acceptors (Lipinski definition) is 6. The summed E-state index contributed by atoms with van der Waals surface area (Å²) in [5.74, 6) is 0.420. The van der Waals surface area contributed by atoms with Crippen molar-refractivity contribution in [1.82, 2.24) is 24.6 Å². The van der Waals surface area contributed by atoms with Crippen LogP contribution in [0, 0.1) is 17.2 Å². The fraction of sp³-hybridized carbons (Fsp3) is 0.571. The summed E-state index contributed by atoms with van der Waals surface area (Å²) >= 11 is 5.88. The number of carbonyl (C=O) groups excluding carboxylic acids is 1.